The Bertz CT molecular complexity index is 856. The summed E-state index contributed by atoms with van der Waals surface area (Å²) in [6, 6.07) is 8.90. The molecule has 1 N–H and O–H groups in total. The van der Waals surface area contributed by atoms with E-state index in [1.807, 2.05) is 25.1 Å². The number of hydrogen-bond acceptors (Lipinski definition) is 5. The molecule has 28 heavy (non-hydrogen) atoms. The third kappa shape index (κ3) is 4.86. The van der Waals surface area contributed by atoms with Gasteiger partial charge >= 0.3 is 5.97 Å². The maximum absolute atomic E-state index is 13.0. The van der Waals surface area contributed by atoms with Crippen molar-refractivity contribution in [1.82, 2.24) is 14.8 Å². The number of carbonyl (C=O) groups excluding carboxylic acids is 3. The van der Waals surface area contributed by atoms with Crippen LogP contribution in [-0.4, -0.2) is 73.3 Å². The molecule has 0 spiro atoms. The summed E-state index contributed by atoms with van der Waals surface area (Å²) in [5.74, 6) is -0.941. The number of esters is 1. The van der Waals surface area contributed by atoms with Crippen LogP contribution in [0.2, 0.25) is 0 Å². The van der Waals surface area contributed by atoms with Crippen LogP contribution in [0, 0.1) is 13.8 Å². The predicted octanol–water partition coefficient (Wildman–Crippen LogP) is 2.30. The minimum Gasteiger partial charge on any atom is -0.464 e. The fourth-order valence-corrected chi connectivity index (χ4v) is 3.06. The van der Waals surface area contributed by atoms with Crippen LogP contribution in [0.5, 0.6) is 0 Å². The Balaban J connectivity index is 2.29. The number of H-pyrrole nitrogens is 1. The molecule has 1 heterocycles. The number of nitrogens with one attached hydrogen (secondary N) is 1. The van der Waals surface area contributed by atoms with Gasteiger partial charge in [-0.2, -0.15) is 0 Å². The summed E-state index contributed by atoms with van der Waals surface area (Å²) in [5.41, 5.74) is 2.34. The molecule has 1 amide bonds. The molecule has 0 unspecified atom stereocenters. The Hall–Kier alpha value is -2.93. The molecule has 0 aliphatic carbocycles. The Morgan fingerprint density at radius 3 is 2.25 bits per heavy atom. The monoisotopic (exact) mass is 385 g/mol. The number of hydrogen-bond donors (Lipinski definition) is 1. The molecule has 7 nitrogen and oxygen atoms in total. The van der Waals surface area contributed by atoms with Crippen molar-refractivity contribution < 1.29 is 19.1 Å². The van der Waals surface area contributed by atoms with Crippen molar-refractivity contribution in [3.8, 4) is 0 Å². The van der Waals surface area contributed by atoms with Crippen molar-refractivity contribution in [3.63, 3.8) is 0 Å². The summed E-state index contributed by atoms with van der Waals surface area (Å²) < 4.78 is 4.76. The minimum atomic E-state index is -0.524. The second-order valence-electron chi connectivity index (χ2n) is 6.94. The first kappa shape index (κ1) is 21.4. The van der Waals surface area contributed by atoms with Crippen molar-refractivity contribution in [2.75, 3.05) is 40.8 Å². The topological polar surface area (TPSA) is 82.7 Å². The van der Waals surface area contributed by atoms with Gasteiger partial charge in [0.05, 0.1) is 13.7 Å². The molecule has 0 aliphatic heterocycles. The van der Waals surface area contributed by atoms with Crippen molar-refractivity contribution in [3.05, 3.63) is 58.4 Å². The zero-order valence-corrected chi connectivity index (χ0v) is 17.0. The van der Waals surface area contributed by atoms with Gasteiger partial charge in [0.15, 0.2) is 5.78 Å². The van der Waals surface area contributed by atoms with E-state index in [0.717, 1.165) is 0 Å². The second-order valence-corrected chi connectivity index (χ2v) is 6.94. The van der Waals surface area contributed by atoms with Crippen molar-refractivity contribution in [2.24, 2.45) is 0 Å². The Kier molecular flexibility index (Phi) is 7.12. The fourth-order valence-electron chi connectivity index (χ4n) is 3.06. The second kappa shape index (κ2) is 9.32. The van der Waals surface area contributed by atoms with E-state index in [0.29, 0.717) is 35.5 Å². The number of aromatic amines is 1. The SMILES string of the molecule is COC(=O)c1[nH]c(C)c(C(=O)CN(CCN(C)C)C(=O)c2ccccc2)c1C. The quantitative estimate of drug-likeness (QED) is 0.557. The van der Waals surface area contributed by atoms with E-state index in [9.17, 15) is 14.4 Å². The molecule has 1 aromatic heterocycles. The number of ketones is 1. The van der Waals surface area contributed by atoms with Gasteiger partial charge < -0.3 is 19.5 Å². The number of methoxy groups -OCH3 is 1. The van der Waals surface area contributed by atoms with Gasteiger partial charge in [-0.15, -0.1) is 0 Å². The molecule has 0 fully saturated rings. The number of rotatable bonds is 8. The number of nitrogens with zero attached hydrogens (tertiary/aromatic N) is 2. The van der Waals surface area contributed by atoms with Gasteiger partial charge in [0.2, 0.25) is 0 Å². The van der Waals surface area contributed by atoms with E-state index in [-0.39, 0.29) is 23.9 Å². The van der Waals surface area contributed by atoms with Crippen molar-refractivity contribution in [2.45, 2.75) is 13.8 Å². The maximum atomic E-state index is 13.0. The Morgan fingerprint density at radius 1 is 1.04 bits per heavy atom. The smallest absolute Gasteiger partial charge is 0.354 e. The molecule has 0 atom stereocenters. The molecule has 0 saturated heterocycles. The largest absolute Gasteiger partial charge is 0.464 e. The number of Topliss-reactive ketones (excluding diaryl/α,β-unsaturated/α-hetero) is 1. The number of likely N-dealkylation sites (N-methyl/N-ethyl adjacent to an activating group) is 1. The number of benzene rings is 1. The Labute approximate surface area is 165 Å². The number of aryl methyl sites for hydroxylation is 1. The highest BCUT2D eigenvalue weighted by atomic mass is 16.5. The molecular formula is C21H27N3O4. The van der Waals surface area contributed by atoms with Crippen LogP contribution in [-0.2, 0) is 4.74 Å². The van der Waals surface area contributed by atoms with E-state index in [2.05, 4.69) is 4.98 Å². The van der Waals surface area contributed by atoms with Crippen molar-refractivity contribution >= 4 is 17.7 Å². The summed E-state index contributed by atoms with van der Waals surface area (Å²) in [4.78, 5) is 44.3. The lowest BCUT2D eigenvalue weighted by atomic mass is 10.0. The highest BCUT2D eigenvalue weighted by Crippen LogP contribution is 2.20. The van der Waals surface area contributed by atoms with Crippen LogP contribution in [0.15, 0.2) is 30.3 Å². The summed E-state index contributed by atoms with van der Waals surface area (Å²) in [6.45, 7) is 4.41. The molecule has 150 valence electrons. The number of carbonyl (C=O) groups is 3. The van der Waals surface area contributed by atoms with Crippen LogP contribution >= 0.6 is 0 Å². The lowest BCUT2D eigenvalue weighted by Crippen LogP contribution is -2.40. The van der Waals surface area contributed by atoms with E-state index >= 15 is 0 Å². The fraction of sp³-hybridized carbons (Fsp3) is 0.381. The molecule has 0 bridgehead atoms. The van der Waals surface area contributed by atoms with Gasteiger partial charge in [0.25, 0.3) is 5.91 Å². The first-order valence-corrected chi connectivity index (χ1v) is 9.06. The lowest BCUT2D eigenvalue weighted by Gasteiger charge is -2.24. The summed E-state index contributed by atoms with van der Waals surface area (Å²) in [5, 5.41) is 0. The molecule has 0 saturated carbocycles. The third-order valence-corrected chi connectivity index (χ3v) is 4.57. The van der Waals surface area contributed by atoms with Gasteiger partial charge in [-0.05, 0) is 45.6 Å². The minimum absolute atomic E-state index is 0.0677. The zero-order chi connectivity index (χ0) is 20.8. The van der Waals surface area contributed by atoms with Crippen LogP contribution in [0.4, 0.5) is 0 Å². The lowest BCUT2D eigenvalue weighted by molar-refractivity contribution is 0.0593. The molecule has 7 heteroatoms. The number of ether oxygens (including phenoxy) is 1. The summed E-state index contributed by atoms with van der Waals surface area (Å²) in [7, 11) is 5.12. The van der Waals surface area contributed by atoms with Crippen LogP contribution in [0.25, 0.3) is 0 Å². The maximum Gasteiger partial charge on any atom is 0.354 e. The van der Waals surface area contributed by atoms with Crippen LogP contribution in [0.1, 0.15) is 42.5 Å². The highest BCUT2D eigenvalue weighted by molar-refractivity contribution is 6.05. The average Bonchev–Trinajstić information content (AvgIpc) is 2.98. The normalized spacial score (nSPS) is 10.8. The molecular weight excluding hydrogens is 358 g/mol. The molecule has 0 aliphatic rings. The average molecular weight is 385 g/mol. The molecule has 2 rings (SSSR count). The van der Waals surface area contributed by atoms with E-state index in [1.54, 1.807) is 43.0 Å². The summed E-state index contributed by atoms with van der Waals surface area (Å²) in [6.07, 6.45) is 0. The zero-order valence-electron chi connectivity index (χ0n) is 17.0. The molecule has 1 aromatic carbocycles. The van der Waals surface area contributed by atoms with Gasteiger partial charge in [-0.25, -0.2) is 4.79 Å². The van der Waals surface area contributed by atoms with Gasteiger partial charge in [0, 0.05) is 29.9 Å². The van der Waals surface area contributed by atoms with Crippen molar-refractivity contribution in [1.29, 1.82) is 0 Å². The third-order valence-electron chi connectivity index (χ3n) is 4.57. The molecule has 0 radical (unpaired) electrons. The van der Waals surface area contributed by atoms with E-state index in [4.69, 9.17) is 4.74 Å². The highest BCUT2D eigenvalue weighted by Gasteiger charge is 2.25. The molecule has 2 aromatic rings. The first-order valence-electron chi connectivity index (χ1n) is 9.06. The summed E-state index contributed by atoms with van der Waals surface area (Å²) >= 11 is 0. The Morgan fingerprint density at radius 2 is 1.68 bits per heavy atom. The van der Waals surface area contributed by atoms with Gasteiger partial charge in [-0.1, -0.05) is 18.2 Å². The van der Waals surface area contributed by atoms with Crippen LogP contribution in [0.3, 0.4) is 0 Å². The number of aromatic nitrogens is 1. The van der Waals surface area contributed by atoms with Gasteiger partial charge in [0.1, 0.15) is 5.69 Å². The number of amides is 1. The van der Waals surface area contributed by atoms with E-state index < -0.39 is 5.97 Å². The predicted molar refractivity (Wildman–Crippen MR) is 107 cm³/mol. The van der Waals surface area contributed by atoms with E-state index in [1.165, 1.54) is 7.11 Å². The van der Waals surface area contributed by atoms with Gasteiger partial charge in [-0.3, -0.25) is 9.59 Å². The van der Waals surface area contributed by atoms with Crippen LogP contribution < -0.4 is 0 Å². The first-order chi connectivity index (χ1) is 13.3. The standard InChI is InChI=1S/C21H27N3O4/c1-14-18(15(2)22-19(14)21(27)28-5)17(25)13-24(12-11-23(3)4)20(26)16-9-7-6-8-10-16/h6-10,22H,11-13H2,1-5H3.